The first-order valence-corrected chi connectivity index (χ1v) is 11.2. The quantitative estimate of drug-likeness (QED) is 0.398. The molecule has 0 spiro atoms. The molecule has 3 aliphatic carbocycles. The highest BCUT2D eigenvalue weighted by Gasteiger charge is 2.73. The number of benzene rings is 1. The monoisotopic (exact) mass is 466 g/mol. The number of aliphatic hydroxyl groups is 3. The van der Waals surface area contributed by atoms with Gasteiger partial charge < -0.3 is 29.9 Å². The van der Waals surface area contributed by atoms with Gasteiger partial charge in [0.2, 0.25) is 0 Å². The summed E-state index contributed by atoms with van der Waals surface area (Å²) in [7, 11) is 1.41. The molecule has 4 N–H and O–H groups in total. The summed E-state index contributed by atoms with van der Waals surface area (Å²) in [5.41, 5.74) is -1.99. The van der Waals surface area contributed by atoms with E-state index in [1.165, 1.54) is 13.2 Å². The average Bonchev–Trinajstić information content (AvgIpc) is 2.95. The molecule has 2 fully saturated rings. The summed E-state index contributed by atoms with van der Waals surface area (Å²) < 4.78 is 10.6. The smallest absolute Gasteiger partial charge is 0.342 e. The first-order chi connectivity index (χ1) is 14.8. The van der Waals surface area contributed by atoms with Gasteiger partial charge in [0.1, 0.15) is 29.3 Å². The van der Waals surface area contributed by atoms with Crippen molar-refractivity contribution in [3.8, 4) is 11.5 Å². The van der Waals surface area contributed by atoms with E-state index in [-0.39, 0.29) is 45.9 Å². The molecule has 2 saturated carbocycles. The molecule has 0 heterocycles. The number of hydrogen-bond donors (Lipinski definition) is 4. The van der Waals surface area contributed by atoms with Crippen molar-refractivity contribution in [1.29, 1.82) is 0 Å². The van der Waals surface area contributed by atoms with E-state index in [0.717, 1.165) is 6.42 Å². The maximum Gasteiger partial charge on any atom is 0.342 e. The van der Waals surface area contributed by atoms with E-state index in [0.29, 0.717) is 17.6 Å². The summed E-state index contributed by atoms with van der Waals surface area (Å²) in [6.07, 6.45) is 1.31. The van der Waals surface area contributed by atoms with Crippen molar-refractivity contribution in [3.05, 3.63) is 33.9 Å². The lowest BCUT2D eigenvalue weighted by Gasteiger charge is -2.65. The molecule has 0 radical (unpaired) electrons. The van der Waals surface area contributed by atoms with Crippen LogP contribution >= 0.6 is 11.6 Å². The molecule has 3 aliphatic rings. The largest absolute Gasteiger partial charge is 0.507 e. The van der Waals surface area contributed by atoms with Crippen molar-refractivity contribution in [2.24, 2.45) is 22.7 Å². The number of hydrogen-bond acceptors (Lipinski definition) is 7. The highest BCUT2D eigenvalue weighted by atomic mass is 35.5. The second kappa shape index (κ2) is 7.35. The van der Waals surface area contributed by atoms with Crippen LogP contribution in [0.25, 0.3) is 0 Å². The maximum atomic E-state index is 12.8. The zero-order chi connectivity index (χ0) is 23.8. The van der Waals surface area contributed by atoms with Crippen LogP contribution in [0.2, 0.25) is 5.02 Å². The second-order valence-electron chi connectivity index (χ2n) is 10.4. The standard InChI is InChI=1S/C24H31ClO7/c1-11-17(14(26)7-15(31-5)19(11)25)21(29)32-10-13-6-12-8-22(2,3)20(28)18(12)23(4)9-16(27)24(13,23)30/h6-7,12,16,18,20,26-28,30H,8-10H2,1-5H3/t12-,16-,18?,20-,23-,24+/m1/s1. The Morgan fingerprint density at radius 3 is 2.50 bits per heavy atom. The average molecular weight is 467 g/mol. The fourth-order valence-corrected chi connectivity index (χ4v) is 6.62. The van der Waals surface area contributed by atoms with E-state index in [4.69, 9.17) is 21.1 Å². The number of carbonyl (C=O) groups excluding carboxylic acids is 1. The minimum atomic E-state index is -1.59. The zero-order valence-electron chi connectivity index (χ0n) is 19.0. The number of methoxy groups -OCH3 is 1. The Balaban J connectivity index is 1.63. The van der Waals surface area contributed by atoms with Crippen molar-refractivity contribution in [2.45, 2.75) is 58.3 Å². The van der Waals surface area contributed by atoms with Crippen molar-refractivity contribution in [2.75, 3.05) is 13.7 Å². The third-order valence-electron chi connectivity index (χ3n) is 8.20. The van der Waals surface area contributed by atoms with Gasteiger partial charge in [0.05, 0.1) is 24.3 Å². The zero-order valence-corrected chi connectivity index (χ0v) is 19.7. The molecule has 0 bridgehead atoms. The number of halogens is 1. The predicted octanol–water partition coefficient (Wildman–Crippen LogP) is 2.98. The van der Waals surface area contributed by atoms with Gasteiger partial charge in [-0.05, 0) is 42.2 Å². The molecule has 32 heavy (non-hydrogen) atoms. The second-order valence-corrected chi connectivity index (χ2v) is 10.8. The molecule has 4 rings (SSSR count). The van der Waals surface area contributed by atoms with Crippen LogP contribution in [0.3, 0.4) is 0 Å². The van der Waals surface area contributed by atoms with E-state index in [9.17, 15) is 25.2 Å². The minimum Gasteiger partial charge on any atom is -0.507 e. The molecule has 1 aromatic rings. The van der Waals surface area contributed by atoms with Gasteiger partial charge in [-0.25, -0.2) is 4.79 Å². The molecular formula is C24H31ClO7. The predicted molar refractivity (Wildman–Crippen MR) is 118 cm³/mol. The Morgan fingerprint density at radius 1 is 1.25 bits per heavy atom. The lowest BCUT2D eigenvalue weighted by Crippen LogP contribution is -2.73. The summed E-state index contributed by atoms with van der Waals surface area (Å²) in [5, 5.41) is 43.6. The molecule has 0 amide bonds. The first-order valence-electron chi connectivity index (χ1n) is 10.8. The van der Waals surface area contributed by atoms with Gasteiger partial charge in [-0.2, -0.15) is 0 Å². The van der Waals surface area contributed by atoms with Crippen molar-refractivity contribution < 1.29 is 34.7 Å². The number of esters is 1. The summed E-state index contributed by atoms with van der Waals surface area (Å²) >= 11 is 6.22. The Labute approximate surface area is 192 Å². The van der Waals surface area contributed by atoms with Crippen LogP contribution in [-0.4, -0.2) is 57.9 Å². The number of phenolic OH excluding ortho intramolecular Hbond substituents is 1. The van der Waals surface area contributed by atoms with Crippen molar-refractivity contribution >= 4 is 17.6 Å². The molecule has 0 aromatic heterocycles. The van der Waals surface area contributed by atoms with Gasteiger partial charge in [-0.3, -0.25) is 0 Å². The first kappa shape index (κ1) is 23.4. The van der Waals surface area contributed by atoms with E-state index in [1.54, 1.807) is 6.92 Å². The molecular weight excluding hydrogens is 436 g/mol. The number of fused-ring (bicyclic) bond motifs is 3. The highest BCUT2D eigenvalue weighted by Crippen LogP contribution is 2.68. The summed E-state index contributed by atoms with van der Waals surface area (Å²) in [4.78, 5) is 12.8. The fourth-order valence-electron chi connectivity index (χ4n) is 6.40. The molecule has 8 heteroatoms. The van der Waals surface area contributed by atoms with Gasteiger partial charge in [0.25, 0.3) is 0 Å². The Kier molecular flexibility index (Phi) is 5.37. The molecule has 1 aromatic carbocycles. The van der Waals surface area contributed by atoms with Crippen LogP contribution < -0.4 is 4.74 Å². The minimum absolute atomic E-state index is 0.00273. The number of allylic oxidation sites excluding steroid dienone is 1. The fraction of sp³-hybridized carbons (Fsp3) is 0.625. The SMILES string of the molecule is COc1cc(O)c(C(=O)OCC2=C[C@@H]3CC(C)(C)[C@H](O)C3[C@@]3(C)C[C@@H](O)[C@@]23O)c(C)c1Cl. The molecule has 0 saturated heterocycles. The number of rotatable bonds is 4. The van der Waals surface area contributed by atoms with Crippen molar-refractivity contribution in [3.63, 3.8) is 0 Å². The van der Waals surface area contributed by atoms with Crippen LogP contribution in [0.5, 0.6) is 11.5 Å². The Morgan fingerprint density at radius 2 is 1.91 bits per heavy atom. The van der Waals surface area contributed by atoms with E-state index >= 15 is 0 Å². The number of phenols is 1. The molecule has 0 aliphatic heterocycles. The number of carbonyl (C=O) groups is 1. The van der Waals surface area contributed by atoms with Crippen LogP contribution in [0.15, 0.2) is 17.7 Å². The molecule has 6 atom stereocenters. The molecule has 1 unspecified atom stereocenters. The van der Waals surface area contributed by atoms with Crippen LogP contribution in [-0.2, 0) is 4.74 Å². The number of ether oxygens (including phenoxy) is 2. The highest BCUT2D eigenvalue weighted by molar-refractivity contribution is 6.33. The van der Waals surface area contributed by atoms with Gasteiger partial charge in [-0.1, -0.05) is 38.4 Å². The van der Waals surface area contributed by atoms with Crippen LogP contribution in [0.4, 0.5) is 0 Å². The normalized spacial score (nSPS) is 37.1. The number of aliphatic hydroxyl groups excluding tert-OH is 2. The third-order valence-corrected chi connectivity index (χ3v) is 8.67. The van der Waals surface area contributed by atoms with Gasteiger partial charge in [-0.15, -0.1) is 0 Å². The molecule has 176 valence electrons. The van der Waals surface area contributed by atoms with E-state index < -0.39 is 29.2 Å². The lowest BCUT2D eigenvalue weighted by molar-refractivity contribution is -0.261. The van der Waals surface area contributed by atoms with Crippen LogP contribution in [0.1, 0.15) is 49.5 Å². The maximum absolute atomic E-state index is 12.8. The summed E-state index contributed by atoms with van der Waals surface area (Å²) in [6.45, 7) is 7.22. The molecule has 7 nitrogen and oxygen atoms in total. The Bertz CT molecular complexity index is 1000. The van der Waals surface area contributed by atoms with Gasteiger partial charge in [0, 0.05) is 17.4 Å². The van der Waals surface area contributed by atoms with E-state index in [2.05, 4.69) is 0 Å². The van der Waals surface area contributed by atoms with E-state index in [1.807, 2.05) is 26.8 Å². The Hall–Kier alpha value is -1.80. The number of aromatic hydroxyl groups is 1. The third kappa shape index (κ3) is 2.94. The topological polar surface area (TPSA) is 116 Å². The van der Waals surface area contributed by atoms with Crippen LogP contribution in [0, 0.1) is 29.6 Å². The van der Waals surface area contributed by atoms with Crippen molar-refractivity contribution in [1.82, 2.24) is 0 Å². The summed E-state index contributed by atoms with van der Waals surface area (Å²) in [5.74, 6) is -1.07. The van der Waals surface area contributed by atoms with Gasteiger partial charge in [0.15, 0.2) is 0 Å². The van der Waals surface area contributed by atoms with Gasteiger partial charge >= 0.3 is 5.97 Å². The lowest BCUT2D eigenvalue weighted by atomic mass is 9.44. The summed E-state index contributed by atoms with van der Waals surface area (Å²) in [6, 6.07) is 1.25.